The Balaban J connectivity index is 1.92. The van der Waals surface area contributed by atoms with Gasteiger partial charge in [-0.1, -0.05) is 37.6 Å². The third-order valence-corrected chi connectivity index (χ3v) is 5.21. The Morgan fingerprint density at radius 1 is 1.15 bits per heavy atom. The molecule has 2 heteroatoms. The van der Waals surface area contributed by atoms with Gasteiger partial charge in [0.2, 0.25) is 0 Å². The molecule has 0 N–H and O–H groups in total. The Labute approximate surface area is 121 Å². The average Bonchev–Trinajstić information content (AvgIpc) is 2.45. The van der Waals surface area contributed by atoms with Crippen molar-refractivity contribution in [3.63, 3.8) is 0 Å². The van der Waals surface area contributed by atoms with E-state index in [1.807, 2.05) is 12.1 Å². The second-order valence-electron chi connectivity index (χ2n) is 6.35. The average molecular weight is 272 g/mol. The lowest BCUT2D eigenvalue weighted by atomic mass is 9.64. The van der Waals surface area contributed by atoms with Crippen molar-refractivity contribution in [2.24, 2.45) is 23.7 Å². The van der Waals surface area contributed by atoms with Crippen molar-refractivity contribution in [1.82, 2.24) is 0 Å². The van der Waals surface area contributed by atoms with Gasteiger partial charge in [-0.15, -0.1) is 0 Å². The summed E-state index contributed by atoms with van der Waals surface area (Å²) >= 11 is 0. The minimum atomic E-state index is 0.191. The van der Waals surface area contributed by atoms with Gasteiger partial charge in [0.1, 0.15) is 5.75 Å². The summed E-state index contributed by atoms with van der Waals surface area (Å²) in [7, 11) is 1.70. The molecule has 3 rings (SSSR count). The molecule has 0 amide bonds. The summed E-state index contributed by atoms with van der Waals surface area (Å²) in [6.07, 6.45) is 2.64. The summed E-state index contributed by atoms with van der Waals surface area (Å²) in [5.74, 6) is 3.41. The second-order valence-corrected chi connectivity index (χ2v) is 6.35. The normalized spacial score (nSPS) is 36.4. The maximum absolute atomic E-state index is 6.23. The van der Waals surface area contributed by atoms with Crippen molar-refractivity contribution in [2.45, 2.75) is 26.9 Å². The molecule has 0 radical (unpaired) electrons. The van der Waals surface area contributed by atoms with Crippen molar-refractivity contribution in [2.75, 3.05) is 13.7 Å². The molecular weight excluding hydrogens is 248 g/mol. The lowest BCUT2D eigenvalue weighted by Crippen LogP contribution is -2.42. The minimum Gasteiger partial charge on any atom is -0.497 e. The van der Waals surface area contributed by atoms with Crippen LogP contribution in [0, 0.1) is 23.7 Å². The molecule has 0 saturated carbocycles. The standard InChI is InChI=1S/C18H24O2/c1-11-9-12(2)17-13(3)16(11)10-20-18(17)14-5-7-15(19-4)8-6-14/h5-9,11,13,16-18H,10H2,1-4H3/t11-,13-,16+,17-,18+/m0/s1. The molecule has 2 nitrogen and oxygen atoms in total. The Hall–Kier alpha value is -1.28. The number of ether oxygens (including phenoxy) is 2. The number of allylic oxidation sites excluding steroid dienone is 1. The van der Waals surface area contributed by atoms with E-state index in [2.05, 4.69) is 39.0 Å². The van der Waals surface area contributed by atoms with Crippen LogP contribution in [0.25, 0.3) is 0 Å². The van der Waals surface area contributed by atoms with Gasteiger partial charge in [-0.25, -0.2) is 0 Å². The number of hydrogen-bond donors (Lipinski definition) is 0. The van der Waals surface area contributed by atoms with Crippen LogP contribution in [0.15, 0.2) is 35.9 Å². The highest BCUT2D eigenvalue weighted by Crippen LogP contribution is 2.49. The first-order valence-corrected chi connectivity index (χ1v) is 7.55. The summed E-state index contributed by atoms with van der Waals surface area (Å²) in [5.41, 5.74) is 2.75. The predicted octanol–water partition coefficient (Wildman–Crippen LogP) is 4.23. The summed E-state index contributed by atoms with van der Waals surface area (Å²) < 4.78 is 11.5. The van der Waals surface area contributed by atoms with Crippen LogP contribution >= 0.6 is 0 Å². The van der Waals surface area contributed by atoms with Crippen molar-refractivity contribution in [1.29, 1.82) is 0 Å². The Morgan fingerprint density at radius 3 is 2.50 bits per heavy atom. The van der Waals surface area contributed by atoms with Crippen LogP contribution in [0.4, 0.5) is 0 Å². The lowest BCUT2D eigenvalue weighted by molar-refractivity contribution is -0.0934. The zero-order valence-electron chi connectivity index (χ0n) is 12.8. The van der Waals surface area contributed by atoms with Gasteiger partial charge in [-0.05, 0) is 42.4 Å². The molecule has 1 aliphatic heterocycles. The molecule has 1 aromatic rings. The molecule has 1 saturated heterocycles. The number of hydrogen-bond acceptors (Lipinski definition) is 2. The maximum atomic E-state index is 6.23. The third kappa shape index (κ3) is 2.16. The molecule has 1 aliphatic carbocycles. The fourth-order valence-electron chi connectivity index (χ4n) is 4.04. The monoisotopic (exact) mass is 272 g/mol. The van der Waals surface area contributed by atoms with Crippen molar-refractivity contribution >= 4 is 0 Å². The van der Waals surface area contributed by atoms with Crippen LogP contribution in [0.1, 0.15) is 32.4 Å². The number of methoxy groups -OCH3 is 1. The molecular formula is C18H24O2. The van der Waals surface area contributed by atoms with E-state index in [1.165, 1.54) is 11.1 Å². The van der Waals surface area contributed by atoms with E-state index in [-0.39, 0.29) is 6.10 Å². The van der Waals surface area contributed by atoms with E-state index in [1.54, 1.807) is 7.11 Å². The third-order valence-electron chi connectivity index (χ3n) is 5.21. The van der Waals surface area contributed by atoms with Gasteiger partial charge >= 0.3 is 0 Å². The highest BCUT2D eigenvalue weighted by Gasteiger charge is 2.43. The van der Waals surface area contributed by atoms with Crippen LogP contribution in [-0.4, -0.2) is 13.7 Å². The fourth-order valence-corrected chi connectivity index (χ4v) is 4.04. The van der Waals surface area contributed by atoms with Crippen molar-refractivity contribution < 1.29 is 9.47 Å². The predicted molar refractivity (Wildman–Crippen MR) is 80.8 cm³/mol. The molecule has 5 atom stereocenters. The van der Waals surface area contributed by atoms with Crippen molar-refractivity contribution in [3.05, 3.63) is 41.5 Å². The molecule has 2 bridgehead atoms. The topological polar surface area (TPSA) is 18.5 Å². The molecule has 108 valence electrons. The second kappa shape index (κ2) is 5.25. The molecule has 20 heavy (non-hydrogen) atoms. The van der Waals surface area contributed by atoms with E-state index in [9.17, 15) is 0 Å². The molecule has 1 aromatic carbocycles. The first kappa shape index (κ1) is 13.7. The van der Waals surface area contributed by atoms with Gasteiger partial charge in [0.15, 0.2) is 0 Å². The van der Waals surface area contributed by atoms with Crippen molar-refractivity contribution in [3.8, 4) is 5.75 Å². The van der Waals surface area contributed by atoms with Gasteiger partial charge in [0.25, 0.3) is 0 Å². The highest BCUT2D eigenvalue weighted by atomic mass is 16.5. The fraction of sp³-hybridized carbons (Fsp3) is 0.556. The summed E-state index contributed by atoms with van der Waals surface area (Å²) in [5, 5.41) is 0. The van der Waals surface area contributed by atoms with E-state index >= 15 is 0 Å². The molecule has 0 spiro atoms. The quantitative estimate of drug-likeness (QED) is 0.750. The van der Waals surface area contributed by atoms with E-state index in [4.69, 9.17) is 9.47 Å². The van der Waals surface area contributed by atoms with Gasteiger partial charge in [0, 0.05) is 5.92 Å². The molecule has 1 fully saturated rings. The lowest BCUT2D eigenvalue weighted by Gasteiger charge is -2.47. The minimum absolute atomic E-state index is 0.191. The maximum Gasteiger partial charge on any atom is 0.118 e. The van der Waals surface area contributed by atoms with E-state index in [0.29, 0.717) is 23.7 Å². The zero-order valence-corrected chi connectivity index (χ0v) is 12.8. The Morgan fingerprint density at radius 2 is 1.85 bits per heavy atom. The van der Waals surface area contributed by atoms with Crippen LogP contribution < -0.4 is 4.74 Å². The van der Waals surface area contributed by atoms with Gasteiger partial charge in [0.05, 0.1) is 19.8 Å². The van der Waals surface area contributed by atoms with Crippen LogP contribution in [0.5, 0.6) is 5.75 Å². The van der Waals surface area contributed by atoms with Gasteiger partial charge in [-0.2, -0.15) is 0 Å². The van der Waals surface area contributed by atoms with Gasteiger partial charge in [-0.3, -0.25) is 0 Å². The number of benzene rings is 1. The number of rotatable bonds is 2. The Kier molecular flexibility index (Phi) is 3.59. The van der Waals surface area contributed by atoms with E-state index < -0.39 is 0 Å². The molecule has 0 unspecified atom stereocenters. The van der Waals surface area contributed by atoms with Gasteiger partial charge < -0.3 is 9.47 Å². The summed E-state index contributed by atoms with van der Waals surface area (Å²) in [6, 6.07) is 8.34. The summed E-state index contributed by atoms with van der Waals surface area (Å²) in [4.78, 5) is 0. The SMILES string of the molecule is COc1ccc([C@H]2OC[C@H]3[C@H](C)[C@@H]2C(C)=C[C@@H]3C)cc1. The number of fused-ring (bicyclic) bond motifs is 2. The first-order chi connectivity index (χ1) is 9.61. The Bertz CT molecular complexity index is 503. The van der Waals surface area contributed by atoms with Crippen LogP contribution in [-0.2, 0) is 4.74 Å². The summed E-state index contributed by atoms with van der Waals surface area (Å²) in [6.45, 7) is 7.84. The van der Waals surface area contributed by atoms with E-state index in [0.717, 1.165) is 12.4 Å². The molecule has 1 heterocycles. The first-order valence-electron chi connectivity index (χ1n) is 7.55. The largest absolute Gasteiger partial charge is 0.497 e. The van der Waals surface area contributed by atoms with Crippen LogP contribution in [0.2, 0.25) is 0 Å². The molecule has 0 aromatic heterocycles. The highest BCUT2D eigenvalue weighted by molar-refractivity contribution is 5.31. The molecule has 2 aliphatic rings. The smallest absolute Gasteiger partial charge is 0.118 e. The zero-order chi connectivity index (χ0) is 14.3. The van der Waals surface area contributed by atoms with Crippen LogP contribution in [0.3, 0.4) is 0 Å².